The van der Waals surface area contributed by atoms with E-state index in [1.807, 2.05) is 25.6 Å². The molecule has 5 heteroatoms. The molecule has 1 aromatic heterocycles. The van der Waals surface area contributed by atoms with E-state index in [4.69, 9.17) is 0 Å². The van der Waals surface area contributed by atoms with Gasteiger partial charge in [0.25, 0.3) is 0 Å². The molecule has 1 atom stereocenters. The molecule has 0 aliphatic carbocycles. The van der Waals surface area contributed by atoms with Crippen molar-refractivity contribution in [1.29, 1.82) is 0 Å². The van der Waals surface area contributed by atoms with Crippen molar-refractivity contribution in [2.24, 2.45) is 0 Å². The van der Waals surface area contributed by atoms with Crippen LogP contribution in [0.15, 0.2) is 5.51 Å². The van der Waals surface area contributed by atoms with Crippen molar-refractivity contribution < 1.29 is 5.11 Å². The molecule has 86 valence electrons. The Morgan fingerprint density at radius 3 is 2.93 bits per heavy atom. The van der Waals surface area contributed by atoms with Crippen LogP contribution in [-0.4, -0.2) is 34.2 Å². The normalized spacial score (nSPS) is 15.2. The predicted molar refractivity (Wildman–Crippen MR) is 67.6 cm³/mol. The summed E-state index contributed by atoms with van der Waals surface area (Å²) in [7, 11) is 0. The maximum absolute atomic E-state index is 9.92. The minimum atomic E-state index is -0.627. The van der Waals surface area contributed by atoms with Crippen LogP contribution >= 0.6 is 23.1 Å². The minimum Gasteiger partial charge on any atom is -0.388 e. The summed E-state index contributed by atoms with van der Waals surface area (Å²) in [4.78, 5) is 5.43. The number of hydrogen-bond donors (Lipinski definition) is 2. The SMILES string of the molecule is CSCC(C)(O)CNCc1scnc1C. The van der Waals surface area contributed by atoms with Gasteiger partial charge in [0.1, 0.15) is 0 Å². The highest BCUT2D eigenvalue weighted by Crippen LogP contribution is 2.13. The molecule has 3 nitrogen and oxygen atoms in total. The van der Waals surface area contributed by atoms with Gasteiger partial charge in [-0.25, -0.2) is 4.98 Å². The molecule has 0 radical (unpaired) electrons. The van der Waals surface area contributed by atoms with E-state index in [1.54, 1.807) is 23.1 Å². The molecule has 0 saturated heterocycles. The quantitative estimate of drug-likeness (QED) is 0.801. The number of rotatable bonds is 6. The Hall–Kier alpha value is -0.100. The predicted octanol–water partition coefficient (Wildman–Crippen LogP) is 1.66. The molecule has 0 amide bonds. The Morgan fingerprint density at radius 2 is 2.40 bits per heavy atom. The van der Waals surface area contributed by atoms with Crippen LogP contribution in [0.4, 0.5) is 0 Å². The monoisotopic (exact) mass is 246 g/mol. The molecule has 0 aromatic carbocycles. The van der Waals surface area contributed by atoms with Gasteiger partial charge in [0.15, 0.2) is 0 Å². The van der Waals surface area contributed by atoms with E-state index in [1.165, 1.54) is 4.88 Å². The molecule has 0 spiro atoms. The zero-order valence-electron chi connectivity index (χ0n) is 9.41. The molecule has 0 aliphatic rings. The number of aliphatic hydroxyl groups is 1. The highest BCUT2D eigenvalue weighted by Gasteiger charge is 2.18. The lowest BCUT2D eigenvalue weighted by Gasteiger charge is -2.22. The highest BCUT2D eigenvalue weighted by atomic mass is 32.2. The Labute approximate surface area is 99.3 Å². The van der Waals surface area contributed by atoms with Gasteiger partial charge in [-0.15, -0.1) is 11.3 Å². The van der Waals surface area contributed by atoms with E-state index in [9.17, 15) is 5.11 Å². The number of thiazole rings is 1. The van der Waals surface area contributed by atoms with E-state index >= 15 is 0 Å². The van der Waals surface area contributed by atoms with Crippen LogP contribution in [0.3, 0.4) is 0 Å². The highest BCUT2D eigenvalue weighted by molar-refractivity contribution is 7.98. The number of aryl methyl sites for hydroxylation is 1. The molecule has 2 N–H and O–H groups in total. The third kappa shape index (κ3) is 4.51. The summed E-state index contributed by atoms with van der Waals surface area (Å²) < 4.78 is 0. The molecule has 15 heavy (non-hydrogen) atoms. The maximum atomic E-state index is 9.92. The fraction of sp³-hybridized carbons (Fsp3) is 0.700. The second-order valence-corrected chi connectivity index (χ2v) is 5.70. The van der Waals surface area contributed by atoms with Crippen molar-refractivity contribution in [3.05, 3.63) is 16.1 Å². The van der Waals surface area contributed by atoms with Crippen molar-refractivity contribution in [1.82, 2.24) is 10.3 Å². The summed E-state index contributed by atoms with van der Waals surface area (Å²) >= 11 is 3.31. The lowest BCUT2D eigenvalue weighted by atomic mass is 10.1. The zero-order valence-corrected chi connectivity index (χ0v) is 11.0. The molecular weight excluding hydrogens is 228 g/mol. The lowest BCUT2D eigenvalue weighted by molar-refractivity contribution is 0.0846. The molecule has 1 heterocycles. The lowest BCUT2D eigenvalue weighted by Crippen LogP contribution is -2.39. The van der Waals surface area contributed by atoms with Gasteiger partial charge in [-0.1, -0.05) is 0 Å². The summed E-state index contributed by atoms with van der Waals surface area (Å²) in [5.74, 6) is 0.752. The van der Waals surface area contributed by atoms with E-state index in [2.05, 4.69) is 10.3 Å². The van der Waals surface area contributed by atoms with Crippen LogP contribution in [0.2, 0.25) is 0 Å². The summed E-state index contributed by atoms with van der Waals surface area (Å²) in [6.07, 6.45) is 2.00. The number of thioether (sulfide) groups is 1. The first-order valence-corrected chi connectivity index (χ1v) is 7.13. The summed E-state index contributed by atoms with van der Waals surface area (Å²) in [5, 5.41) is 13.2. The zero-order chi connectivity index (χ0) is 11.3. The fourth-order valence-electron chi connectivity index (χ4n) is 1.30. The van der Waals surface area contributed by atoms with Gasteiger partial charge in [0, 0.05) is 23.7 Å². The molecule has 0 aliphatic heterocycles. The third-order valence-corrected chi connectivity index (χ3v) is 3.94. The molecular formula is C10H18N2OS2. The first-order valence-electron chi connectivity index (χ1n) is 4.86. The first-order chi connectivity index (χ1) is 7.05. The summed E-state index contributed by atoms with van der Waals surface area (Å²) in [6, 6.07) is 0. The largest absolute Gasteiger partial charge is 0.388 e. The first kappa shape index (κ1) is 13.0. The van der Waals surface area contributed by atoms with Crippen LogP contribution < -0.4 is 5.32 Å². The van der Waals surface area contributed by atoms with Crippen LogP contribution in [-0.2, 0) is 6.54 Å². The number of aromatic nitrogens is 1. The van der Waals surface area contributed by atoms with Gasteiger partial charge in [0.05, 0.1) is 16.8 Å². The fourth-order valence-corrected chi connectivity index (χ4v) is 2.77. The van der Waals surface area contributed by atoms with Gasteiger partial charge in [-0.2, -0.15) is 11.8 Å². The van der Waals surface area contributed by atoms with Crippen molar-refractivity contribution in [3.63, 3.8) is 0 Å². The van der Waals surface area contributed by atoms with Crippen molar-refractivity contribution in [2.45, 2.75) is 26.0 Å². The van der Waals surface area contributed by atoms with Gasteiger partial charge < -0.3 is 10.4 Å². The van der Waals surface area contributed by atoms with E-state index < -0.39 is 5.60 Å². The Morgan fingerprint density at radius 1 is 1.67 bits per heavy atom. The summed E-state index contributed by atoms with van der Waals surface area (Å²) in [5.41, 5.74) is 2.31. The van der Waals surface area contributed by atoms with Gasteiger partial charge in [-0.05, 0) is 20.1 Å². The molecule has 0 bridgehead atoms. The molecule has 0 fully saturated rings. The number of nitrogens with one attached hydrogen (secondary N) is 1. The van der Waals surface area contributed by atoms with E-state index in [-0.39, 0.29) is 0 Å². The van der Waals surface area contributed by atoms with E-state index in [0.29, 0.717) is 6.54 Å². The van der Waals surface area contributed by atoms with Crippen LogP contribution in [0.25, 0.3) is 0 Å². The van der Waals surface area contributed by atoms with E-state index in [0.717, 1.165) is 18.0 Å². The average Bonchev–Trinajstić information content (AvgIpc) is 2.51. The average molecular weight is 246 g/mol. The second-order valence-electron chi connectivity index (χ2n) is 3.89. The number of hydrogen-bond acceptors (Lipinski definition) is 5. The molecule has 1 aromatic rings. The van der Waals surface area contributed by atoms with Crippen molar-refractivity contribution in [3.8, 4) is 0 Å². The molecule has 1 rings (SSSR count). The van der Waals surface area contributed by atoms with Gasteiger partial charge in [-0.3, -0.25) is 0 Å². The van der Waals surface area contributed by atoms with Crippen LogP contribution in [0.1, 0.15) is 17.5 Å². The minimum absolute atomic E-state index is 0.616. The van der Waals surface area contributed by atoms with Crippen LogP contribution in [0.5, 0.6) is 0 Å². The van der Waals surface area contributed by atoms with Gasteiger partial charge >= 0.3 is 0 Å². The maximum Gasteiger partial charge on any atom is 0.0833 e. The van der Waals surface area contributed by atoms with Crippen LogP contribution in [0, 0.1) is 6.92 Å². The second kappa shape index (κ2) is 5.84. The van der Waals surface area contributed by atoms with Gasteiger partial charge in [0.2, 0.25) is 0 Å². The standard InChI is InChI=1S/C10H18N2OS2/c1-8-9(15-7-12-8)4-11-5-10(2,13)6-14-3/h7,11,13H,4-6H2,1-3H3. The Kier molecular flexibility index (Phi) is 5.05. The van der Waals surface area contributed by atoms with Crippen molar-refractivity contribution >= 4 is 23.1 Å². The number of nitrogens with zero attached hydrogens (tertiary/aromatic N) is 1. The topological polar surface area (TPSA) is 45.1 Å². The summed E-state index contributed by atoms with van der Waals surface area (Å²) in [6.45, 7) is 5.27. The molecule has 1 unspecified atom stereocenters. The van der Waals surface area contributed by atoms with Crippen molar-refractivity contribution in [2.75, 3.05) is 18.6 Å². The Balaban J connectivity index is 2.30. The Bertz CT molecular complexity index is 299. The third-order valence-electron chi connectivity index (χ3n) is 2.09. The molecule has 0 saturated carbocycles. The smallest absolute Gasteiger partial charge is 0.0833 e.